The van der Waals surface area contributed by atoms with Gasteiger partial charge in [-0.25, -0.2) is 9.13 Å². The number of rotatable bonds is 11. The molecule has 0 radical (unpaired) electrons. The Bertz CT molecular complexity index is 1630. The summed E-state index contributed by atoms with van der Waals surface area (Å²) < 4.78 is 30.5. The topological polar surface area (TPSA) is 90.4 Å². The van der Waals surface area contributed by atoms with E-state index in [1.807, 2.05) is 62.2 Å². The molecule has 0 bridgehead atoms. The molecule has 244 valence electrons. The van der Waals surface area contributed by atoms with Crippen LogP contribution < -0.4 is 4.74 Å². The van der Waals surface area contributed by atoms with Crippen LogP contribution in [0.4, 0.5) is 0 Å². The molecule has 1 aromatic carbocycles. The first-order valence-corrected chi connectivity index (χ1v) is 19.6. The number of ether oxygens (including phenoxy) is 2. The smallest absolute Gasteiger partial charge is 0.472 e. The molecule has 0 spiro atoms. The summed E-state index contributed by atoms with van der Waals surface area (Å²) in [5.74, 6) is 2.64. The van der Waals surface area contributed by atoms with Gasteiger partial charge < -0.3 is 18.8 Å². The molecule has 45 heavy (non-hydrogen) atoms. The molecule has 0 aliphatic carbocycles. The van der Waals surface area contributed by atoms with Crippen LogP contribution in [0.1, 0.15) is 78.0 Å². The lowest BCUT2D eigenvalue weighted by Gasteiger charge is -2.32. The van der Waals surface area contributed by atoms with Gasteiger partial charge in [-0.1, -0.05) is 32.8 Å². The van der Waals surface area contributed by atoms with Gasteiger partial charge in [-0.15, -0.1) is 0 Å². The summed E-state index contributed by atoms with van der Waals surface area (Å²) in [6.45, 7) is 19.4. The summed E-state index contributed by atoms with van der Waals surface area (Å²) in [6.07, 6.45) is 5.04. The number of aryl methyl sites for hydroxylation is 3. The largest absolute Gasteiger partial charge is 0.487 e. The Morgan fingerprint density at radius 2 is 1.78 bits per heavy atom. The standard InChI is InChI=1S/C30H41BIN6O4P.C2H6/c1-10-24-20(3)27(36(8)34-24)18-39-17-19(2)40-28-23(16-33-37(28)9)21-11-12-26-22(15-21)25(35-38(26)43-32)13-14-31-41-29(4,5)30(6,7)42-31;1-2/h11-16,19,43H,10,17-18H2,1-9H3;1-2H3/b14-13+;. The van der Waals surface area contributed by atoms with Gasteiger partial charge in [0.25, 0.3) is 0 Å². The second-order valence-corrected chi connectivity index (χ2v) is 14.1. The van der Waals surface area contributed by atoms with Crippen LogP contribution in [-0.4, -0.2) is 60.1 Å². The Labute approximate surface area is 282 Å². The number of hydrogen-bond donors (Lipinski definition) is 0. The molecule has 1 saturated heterocycles. The van der Waals surface area contributed by atoms with Crippen molar-refractivity contribution in [2.75, 3.05) is 6.61 Å². The van der Waals surface area contributed by atoms with E-state index in [0.717, 1.165) is 45.5 Å². The van der Waals surface area contributed by atoms with Crippen molar-refractivity contribution >= 4 is 52.5 Å². The average molecular weight is 748 g/mol. The monoisotopic (exact) mass is 748 g/mol. The molecule has 5 rings (SSSR count). The van der Waals surface area contributed by atoms with E-state index in [1.165, 1.54) is 5.56 Å². The van der Waals surface area contributed by atoms with Crippen molar-refractivity contribution in [1.82, 2.24) is 29.1 Å². The molecule has 2 unspecified atom stereocenters. The maximum Gasteiger partial charge on any atom is 0.487 e. The van der Waals surface area contributed by atoms with Gasteiger partial charge in [0.05, 0.1) is 65.1 Å². The Kier molecular flexibility index (Phi) is 11.6. The number of hydrogen-bond acceptors (Lipinski definition) is 7. The Morgan fingerprint density at radius 3 is 2.40 bits per heavy atom. The zero-order valence-corrected chi connectivity index (χ0v) is 31.6. The number of nitrogens with zero attached hydrogens (tertiary/aromatic N) is 6. The molecular formula is C32H47BIN6O4P. The predicted molar refractivity (Wildman–Crippen MR) is 193 cm³/mol. The lowest BCUT2D eigenvalue weighted by Crippen LogP contribution is -2.41. The van der Waals surface area contributed by atoms with E-state index in [4.69, 9.17) is 23.9 Å². The van der Waals surface area contributed by atoms with Crippen molar-refractivity contribution in [3.05, 3.63) is 53.0 Å². The van der Waals surface area contributed by atoms with Crippen molar-refractivity contribution in [3.63, 3.8) is 0 Å². The highest BCUT2D eigenvalue weighted by Crippen LogP contribution is 2.39. The summed E-state index contributed by atoms with van der Waals surface area (Å²) in [6, 6.07) is 6.36. The fourth-order valence-electron chi connectivity index (χ4n) is 5.21. The van der Waals surface area contributed by atoms with Crippen LogP contribution in [0.5, 0.6) is 5.88 Å². The van der Waals surface area contributed by atoms with Crippen molar-refractivity contribution in [1.29, 1.82) is 0 Å². The van der Waals surface area contributed by atoms with Crippen LogP contribution in [0, 0.1) is 6.92 Å². The highest BCUT2D eigenvalue weighted by molar-refractivity contribution is 14.2. The average Bonchev–Trinajstić information content (AvgIpc) is 3.69. The van der Waals surface area contributed by atoms with E-state index in [-0.39, 0.29) is 6.10 Å². The second kappa shape index (κ2) is 14.7. The molecule has 0 N–H and O–H groups in total. The van der Waals surface area contributed by atoms with Gasteiger partial charge in [-0.2, -0.15) is 15.3 Å². The van der Waals surface area contributed by atoms with Crippen molar-refractivity contribution < 1.29 is 18.8 Å². The van der Waals surface area contributed by atoms with E-state index in [9.17, 15) is 0 Å². The van der Waals surface area contributed by atoms with Gasteiger partial charge in [0.2, 0.25) is 5.88 Å². The van der Waals surface area contributed by atoms with Gasteiger partial charge in [0, 0.05) is 19.5 Å². The van der Waals surface area contributed by atoms with Crippen molar-refractivity contribution in [2.24, 2.45) is 14.1 Å². The van der Waals surface area contributed by atoms with Gasteiger partial charge in [0.1, 0.15) is 6.10 Å². The maximum absolute atomic E-state index is 6.40. The number of benzene rings is 1. The van der Waals surface area contributed by atoms with Crippen LogP contribution in [0.2, 0.25) is 0 Å². The van der Waals surface area contributed by atoms with Crippen molar-refractivity contribution in [2.45, 2.75) is 92.6 Å². The van der Waals surface area contributed by atoms with Gasteiger partial charge in [0.15, 0.2) is 0 Å². The third-order valence-corrected chi connectivity index (χ3v) is 10.3. The first kappa shape index (κ1) is 35.6. The molecular weight excluding hydrogens is 701 g/mol. The molecule has 0 saturated carbocycles. The van der Waals surface area contributed by atoms with E-state index >= 15 is 0 Å². The third-order valence-electron chi connectivity index (χ3n) is 8.43. The first-order valence-electron chi connectivity index (χ1n) is 15.6. The summed E-state index contributed by atoms with van der Waals surface area (Å²) in [5, 5.41) is 15.0. The summed E-state index contributed by atoms with van der Waals surface area (Å²) >= 11 is 2.36. The zero-order chi connectivity index (χ0) is 33.1. The molecule has 1 aliphatic rings. The van der Waals surface area contributed by atoms with E-state index in [2.05, 4.69) is 92.0 Å². The van der Waals surface area contributed by atoms with Crippen molar-refractivity contribution in [3.8, 4) is 17.0 Å². The minimum absolute atomic E-state index is 0.182. The quantitative estimate of drug-likeness (QED) is 0.0893. The molecule has 1 fully saturated rings. The van der Waals surface area contributed by atoms with Gasteiger partial charge in [-0.05, 0) is 99.3 Å². The lowest BCUT2D eigenvalue weighted by atomic mass is 9.89. The van der Waals surface area contributed by atoms with E-state index in [1.54, 1.807) is 4.68 Å². The highest BCUT2D eigenvalue weighted by Gasteiger charge is 2.50. The van der Waals surface area contributed by atoms with E-state index < -0.39 is 18.3 Å². The minimum atomic E-state index is -0.437. The summed E-state index contributed by atoms with van der Waals surface area (Å²) in [7, 11) is 3.42. The SMILES string of the molecule is CC.CCc1nn(C)c(COCC(C)Oc2c(-c3ccc4c(c3)c(/C=C/B3OC(C)(C)C(C)(C)O3)nn4PI)cnn2C)c1C. The summed E-state index contributed by atoms with van der Waals surface area (Å²) in [5.41, 5.74) is 6.45. The predicted octanol–water partition coefficient (Wildman–Crippen LogP) is 7.49. The van der Waals surface area contributed by atoms with Crippen LogP contribution >= 0.6 is 28.4 Å². The highest BCUT2D eigenvalue weighted by atomic mass is 127. The molecule has 10 nitrogen and oxygen atoms in total. The lowest BCUT2D eigenvalue weighted by molar-refractivity contribution is 0.00578. The fourth-order valence-corrected chi connectivity index (χ4v) is 6.74. The van der Waals surface area contributed by atoms with Crippen LogP contribution in [-0.2, 0) is 41.2 Å². The molecule has 2 atom stereocenters. The molecule has 1 aliphatic heterocycles. The molecule has 13 heteroatoms. The molecule has 4 heterocycles. The second-order valence-electron chi connectivity index (χ2n) is 12.0. The Morgan fingerprint density at radius 1 is 1.09 bits per heavy atom. The maximum atomic E-state index is 6.40. The number of halogens is 1. The zero-order valence-electron chi connectivity index (χ0n) is 28.4. The molecule has 0 amide bonds. The van der Waals surface area contributed by atoms with Crippen LogP contribution in [0.3, 0.4) is 0 Å². The Hall–Kier alpha value is -2.25. The van der Waals surface area contributed by atoms with Crippen LogP contribution in [0.15, 0.2) is 30.4 Å². The number of fused-ring (bicyclic) bond motifs is 1. The van der Waals surface area contributed by atoms with Gasteiger partial charge in [-0.3, -0.25) is 4.68 Å². The minimum Gasteiger partial charge on any atom is -0.472 e. The van der Waals surface area contributed by atoms with Gasteiger partial charge >= 0.3 is 7.12 Å². The normalized spacial score (nSPS) is 16.7. The molecule has 3 aromatic heterocycles. The fraction of sp³-hybridized carbons (Fsp3) is 0.531. The van der Waals surface area contributed by atoms with Crippen LogP contribution in [0.25, 0.3) is 28.1 Å². The molecule has 4 aromatic rings. The Balaban J connectivity index is 0.00000226. The summed E-state index contributed by atoms with van der Waals surface area (Å²) in [4.78, 5) is 0. The third kappa shape index (κ3) is 7.51. The first-order chi connectivity index (χ1) is 21.3. The number of aromatic nitrogens is 6. The van der Waals surface area contributed by atoms with E-state index in [0.29, 0.717) is 25.5 Å².